The van der Waals surface area contributed by atoms with Crippen molar-refractivity contribution in [1.29, 1.82) is 0 Å². The number of aromatic nitrogens is 1. The van der Waals surface area contributed by atoms with Gasteiger partial charge < -0.3 is 30.0 Å². The van der Waals surface area contributed by atoms with Crippen molar-refractivity contribution >= 4 is 35.5 Å². The van der Waals surface area contributed by atoms with E-state index in [1.54, 1.807) is 28.4 Å². The molecule has 3 rings (SSSR count). The number of anilines is 1. The molecule has 1 amide bonds. The minimum atomic E-state index is -0.175. The molecule has 1 heterocycles. The molecule has 0 aliphatic carbocycles. The molecule has 0 radical (unpaired) electrons. The van der Waals surface area contributed by atoms with E-state index in [1.165, 1.54) is 11.5 Å². The molecule has 0 saturated carbocycles. The van der Waals surface area contributed by atoms with Gasteiger partial charge in [-0.05, 0) is 41.4 Å². The molecule has 0 unspecified atom stereocenters. The second-order valence-electron chi connectivity index (χ2n) is 6.49. The number of rotatable bonds is 9. The Kier molecular flexibility index (Phi) is 9.13. The molecule has 2 aromatic carbocycles. The van der Waals surface area contributed by atoms with Crippen molar-refractivity contribution in [1.82, 2.24) is 4.37 Å². The molecule has 0 spiro atoms. The highest BCUT2D eigenvalue weighted by Crippen LogP contribution is 2.44. The Morgan fingerprint density at radius 1 is 0.969 bits per heavy atom. The third-order valence-corrected chi connectivity index (χ3v) is 5.29. The molecule has 0 aliphatic rings. The smallest absolute Gasteiger partial charge is 0.225 e. The third kappa shape index (κ3) is 5.24. The molecular weight excluding hydrogens is 454 g/mol. The number of carbonyl (C=O) groups is 1. The van der Waals surface area contributed by atoms with Crippen molar-refractivity contribution < 1.29 is 23.7 Å². The highest BCUT2D eigenvalue weighted by molar-refractivity contribution is 7.04. The van der Waals surface area contributed by atoms with E-state index in [4.69, 9.17) is 24.7 Å². The van der Waals surface area contributed by atoms with Crippen LogP contribution in [0.3, 0.4) is 0 Å². The molecule has 3 N–H and O–H groups in total. The Balaban J connectivity index is 0.00000363. The van der Waals surface area contributed by atoms with Crippen molar-refractivity contribution in [3.63, 3.8) is 0 Å². The molecule has 0 bridgehead atoms. The molecule has 0 atom stereocenters. The van der Waals surface area contributed by atoms with Crippen LogP contribution in [0.2, 0.25) is 0 Å². The van der Waals surface area contributed by atoms with Gasteiger partial charge in [0, 0.05) is 29.5 Å². The lowest BCUT2D eigenvalue weighted by Crippen LogP contribution is -2.16. The van der Waals surface area contributed by atoms with E-state index in [9.17, 15) is 4.79 Å². The largest absolute Gasteiger partial charge is 0.495 e. The quantitative estimate of drug-likeness (QED) is 0.473. The van der Waals surface area contributed by atoms with Crippen molar-refractivity contribution in [2.24, 2.45) is 5.73 Å². The molecule has 32 heavy (non-hydrogen) atoms. The first-order valence-corrected chi connectivity index (χ1v) is 10.3. The summed E-state index contributed by atoms with van der Waals surface area (Å²) in [5.74, 6) is 1.98. The van der Waals surface area contributed by atoms with Crippen LogP contribution in [0.15, 0.2) is 35.7 Å². The maximum atomic E-state index is 12.1. The Bertz CT molecular complexity index is 1050. The molecular formula is C22H26ClN3O5S. The number of nitrogens with two attached hydrogens (primary N) is 1. The van der Waals surface area contributed by atoms with Crippen LogP contribution in [-0.4, -0.2) is 45.3 Å². The van der Waals surface area contributed by atoms with E-state index in [2.05, 4.69) is 9.69 Å². The predicted molar refractivity (Wildman–Crippen MR) is 129 cm³/mol. The van der Waals surface area contributed by atoms with Crippen LogP contribution in [-0.2, 0) is 4.79 Å². The number of halogens is 1. The monoisotopic (exact) mass is 479 g/mol. The van der Waals surface area contributed by atoms with E-state index < -0.39 is 0 Å². The Labute approximate surface area is 197 Å². The molecule has 1 aromatic heterocycles. The van der Waals surface area contributed by atoms with Crippen molar-refractivity contribution in [2.45, 2.75) is 6.42 Å². The molecule has 0 saturated heterocycles. The fraction of sp³-hybridized carbons (Fsp3) is 0.273. The SMILES string of the molecule is COc1ccc(-c2csnc2-c2cc(OC)c(OC)c(OC)c2)cc1NC(=O)CCN.Cl. The van der Waals surface area contributed by atoms with Crippen molar-refractivity contribution in [3.8, 4) is 45.4 Å². The summed E-state index contributed by atoms with van der Waals surface area (Å²) in [4.78, 5) is 12.1. The van der Waals surface area contributed by atoms with Gasteiger partial charge in [-0.2, -0.15) is 4.37 Å². The number of ether oxygens (including phenoxy) is 4. The number of carbonyl (C=O) groups excluding carboxylic acids is 1. The number of amides is 1. The highest BCUT2D eigenvalue weighted by Gasteiger charge is 2.19. The normalized spacial score (nSPS) is 10.2. The summed E-state index contributed by atoms with van der Waals surface area (Å²) in [6.07, 6.45) is 0.226. The van der Waals surface area contributed by atoms with Crippen LogP contribution >= 0.6 is 23.9 Å². The maximum Gasteiger partial charge on any atom is 0.225 e. The van der Waals surface area contributed by atoms with Crippen LogP contribution < -0.4 is 30.0 Å². The zero-order valence-electron chi connectivity index (χ0n) is 18.3. The van der Waals surface area contributed by atoms with Gasteiger partial charge in [0.15, 0.2) is 11.5 Å². The summed E-state index contributed by atoms with van der Waals surface area (Å²) in [5.41, 5.74) is 9.40. The molecule has 8 nitrogen and oxygen atoms in total. The number of hydrogen-bond donors (Lipinski definition) is 2. The second kappa shape index (κ2) is 11.6. The van der Waals surface area contributed by atoms with Crippen LogP contribution in [0.25, 0.3) is 22.4 Å². The maximum absolute atomic E-state index is 12.1. The van der Waals surface area contributed by atoms with Gasteiger partial charge in [-0.15, -0.1) is 12.4 Å². The lowest BCUT2D eigenvalue weighted by Gasteiger charge is -2.15. The van der Waals surface area contributed by atoms with Gasteiger partial charge in [-0.25, -0.2) is 0 Å². The summed E-state index contributed by atoms with van der Waals surface area (Å²) in [6, 6.07) is 9.30. The summed E-state index contributed by atoms with van der Waals surface area (Å²) in [7, 11) is 6.26. The molecule has 0 fully saturated rings. The first kappa shape index (κ1) is 25.3. The summed E-state index contributed by atoms with van der Waals surface area (Å²) in [5, 5.41) is 4.81. The third-order valence-electron chi connectivity index (χ3n) is 4.66. The van der Waals surface area contributed by atoms with Gasteiger partial charge in [0.2, 0.25) is 11.7 Å². The van der Waals surface area contributed by atoms with Gasteiger partial charge in [-0.3, -0.25) is 4.79 Å². The highest BCUT2D eigenvalue weighted by atomic mass is 35.5. The number of nitrogens with one attached hydrogen (secondary N) is 1. The van der Waals surface area contributed by atoms with Gasteiger partial charge in [0.05, 0.1) is 39.8 Å². The Morgan fingerprint density at radius 2 is 1.62 bits per heavy atom. The molecule has 3 aromatic rings. The number of methoxy groups -OCH3 is 4. The van der Waals surface area contributed by atoms with Crippen LogP contribution in [0, 0.1) is 0 Å². The first-order chi connectivity index (χ1) is 15.1. The molecule has 10 heteroatoms. The van der Waals surface area contributed by atoms with E-state index >= 15 is 0 Å². The van der Waals surface area contributed by atoms with Crippen molar-refractivity contribution in [3.05, 3.63) is 35.7 Å². The average Bonchev–Trinajstić information content (AvgIpc) is 3.28. The first-order valence-electron chi connectivity index (χ1n) is 9.49. The zero-order valence-corrected chi connectivity index (χ0v) is 19.9. The summed E-state index contributed by atoms with van der Waals surface area (Å²) < 4.78 is 26.3. The minimum Gasteiger partial charge on any atom is -0.495 e. The number of benzene rings is 2. The Hall–Kier alpha value is -3.01. The molecule has 172 valence electrons. The van der Waals surface area contributed by atoms with Crippen LogP contribution in [0.5, 0.6) is 23.0 Å². The van der Waals surface area contributed by atoms with Gasteiger partial charge in [0.25, 0.3) is 0 Å². The van der Waals surface area contributed by atoms with Gasteiger partial charge in [-0.1, -0.05) is 6.07 Å². The fourth-order valence-corrected chi connectivity index (χ4v) is 3.90. The average molecular weight is 480 g/mol. The standard InChI is InChI=1S/C22H25N3O5S.ClH/c1-27-17-6-5-13(9-16(17)24-20(26)7-8-23)15-12-31-25-21(15)14-10-18(28-2)22(30-4)19(11-14)29-3;/h5-6,9-12H,7-8,23H2,1-4H3,(H,24,26);1H. The fourth-order valence-electron chi connectivity index (χ4n) is 3.18. The lowest BCUT2D eigenvalue weighted by molar-refractivity contribution is -0.116. The summed E-state index contributed by atoms with van der Waals surface area (Å²) in [6.45, 7) is 0.271. The van der Waals surface area contributed by atoms with Gasteiger partial charge >= 0.3 is 0 Å². The van der Waals surface area contributed by atoms with Crippen molar-refractivity contribution in [2.75, 3.05) is 40.3 Å². The lowest BCUT2D eigenvalue weighted by atomic mass is 10.0. The zero-order chi connectivity index (χ0) is 22.4. The van der Waals surface area contributed by atoms with Crippen LogP contribution in [0.4, 0.5) is 5.69 Å². The Morgan fingerprint density at radius 3 is 2.19 bits per heavy atom. The topological polar surface area (TPSA) is 105 Å². The number of nitrogens with zero attached hydrogens (tertiary/aromatic N) is 1. The van der Waals surface area contributed by atoms with E-state index in [0.717, 1.165) is 22.4 Å². The second-order valence-corrected chi connectivity index (χ2v) is 7.12. The van der Waals surface area contributed by atoms with E-state index in [-0.39, 0.29) is 31.3 Å². The van der Waals surface area contributed by atoms with Gasteiger partial charge in [0.1, 0.15) is 5.75 Å². The molecule has 0 aliphatic heterocycles. The predicted octanol–water partition coefficient (Wildman–Crippen LogP) is 4.22. The van der Waals surface area contributed by atoms with E-state index in [0.29, 0.717) is 28.7 Å². The van der Waals surface area contributed by atoms with Crippen LogP contribution in [0.1, 0.15) is 6.42 Å². The minimum absolute atomic E-state index is 0. The summed E-state index contributed by atoms with van der Waals surface area (Å²) >= 11 is 1.33. The van der Waals surface area contributed by atoms with E-state index in [1.807, 2.05) is 35.7 Å². The number of hydrogen-bond acceptors (Lipinski definition) is 8.